The Morgan fingerprint density at radius 1 is 1.15 bits per heavy atom. The van der Waals surface area contributed by atoms with Crippen molar-refractivity contribution in [3.63, 3.8) is 0 Å². The van der Waals surface area contributed by atoms with Crippen LogP contribution in [0, 0.1) is 0 Å². The second-order valence-corrected chi connectivity index (χ2v) is 10.8. The van der Waals surface area contributed by atoms with Gasteiger partial charge in [-0.3, -0.25) is 4.79 Å². The smallest absolute Gasteiger partial charge is 0.407 e. The maximum absolute atomic E-state index is 12.9. The lowest BCUT2D eigenvalue weighted by Crippen LogP contribution is -2.52. The van der Waals surface area contributed by atoms with Crippen molar-refractivity contribution < 1.29 is 14.3 Å². The van der Waals surface area contributed by atoms with E-state index in [4.69, 9.17) is 40.2 Å². The van der Waals surface area contributed by atoms with E-state index < -0.39 is 17.2 Å². The average Bonchev–Trinajstić information content (AvgIpc) is 3.01. The summed E-state index contributed by atoms with van der Waals surface area (Å²) in [5, 5.41) is 6.99. The van der Waals surface area contributed by atoms with Crippen LogP contribution in [0.5, 0.6) is 0 Å². The molecule has 0 bridgehead atoms. The summed E-state index contributed by atoms with van der Waals surface area (Å²) in [7, 11) is 0. The number of alkyl carbamates (subject to hydrolysis) is 1. The number of likely N-dealkylation sites (tertiary alicyclic amines) is 1. The first-order valence-corrected chi connectivity index (χ1v) is 12.2. The second kappa shape index (κ2) is 10.5. The molecule has 2 atom stereocenters. The van der Waals surface area contributed by atoms with E-state index >= 15 is 0 Å². The van der Waals surface area contributed by atoms with Crippen molar-refractivity contribution in [1.29, 1.82) is 0 Å². The lowest BCUT2D eigenvalue weighted by molar-refractivity contribution is 0.0516. The van der Waals surface area contributed by atoms with Crippen LogP contribution in [0.2, 0.25) is 10.0 Å². The lowest BCUT2D eigenvalue weighted by atomic mass is 10.00. The van der Waals surface area contributed by atoms with Gasteiger partial charge in [-0.05, 0) is 70.0 Å². The molecular weight excluding hydrogens is 493 g/mol. The summed E-state index contributed by atoms with van der Waals surface area (Å²) in [4.78, 5) is 27.8. The predicted octanol–water partition coefficient (Wildman–Crippen LogP) is 5.78. The first kappa shape index (κ1) is 26.3. The van der Waals surface area contributed by atoms with Crippen LogP contribution in [-0.4, -0.2) is 46.1 Å². The summed E-state index contributed by atoms with van der Waals surface area (Å²) in [6.45, 7) is 8.19. The number of ether oxygens (including phenoxy) is 1. The molecule has 1 fully saturated rings. The fourth-order valence-electron chi connectivity index (χ4n) is 3.85. The third-order valence-electron chi connectivity index (χ3n) is 5.51. The van der Waals surface area contributed by atoms with Crippen molar-refractivity contribution in [2.75, 3.05) is 13.1 Å². The summed E-state index contributed by atoms with van der Waals surface area (Å²) in [5.74, 6) is -0.250. The zero-order valence-corrected chi connectivity index (χ0v) is 22.0. The zero-order chi connectivity index (χ0) is 25.1. The SMILES string of the molecule is CC(C)(C)OC(=O)NCC(c1cccc(Cl)c1)N1CCC(C)(NC(=O)c2cccc(Cl)c2)C1=S. The molecule has 1 saturated heterocycles. The van der Waals surface area contributed by atoms with Gasteiger partial charge in [0.25, 0.3) is 5.91 Å². The quantitative estimate of drug-likeness (QED) is 0.471. The van der Waals surface area contributed by atoms with Crippen LogP contribution < -0.4 is 10.6 Å². The Morgan fingerprint density at radius 3 is 2.41 bits per heavy atom. The lowest BCUT2D eigenvalue weighted by Gasteiger charge is -2.34. The summed E-state index contributed by atoms with van der Waals surface area (Å²) < 4.78 is 5.39. The summed E-state index contributed by atoms with van der Waals surface area (Å²) >= 11 is 18.2. The number of carbonyl (C=O) groups is 2. The van der Waals surface area contributed by atoms with Crippen molar-refractivity contribution in [2.24, 2.45) is 0 Å². The molecule has 34 heavy (non-hydrogen) atoms. The Morgan fingerprint density at radius 2 is 1.79 bits per heavy atom. The van der Waals surface area contributed by atoms with E-state index in [1.165, 1.54) is 0 Å². The van der Waals surface area contributed by atoms with Crippen LogP contribution in [0.3, 0.4) is 0 Å². The zero-order valence-electron chi connectivity index (χ0n) is 19.7. The maximum Gasteiger partial charge on any atom is 0.407 e. The number of nitrogens with zero attached hydrogens (tertiary/aromatic N) is 1. The van der Waals surface area contributed by atoms with Crippen molar-refractivity contribution in [3.8, 4) is 0 Å². The maximum atomic E-state index is 12.9. The molecule has 6 nitrogen and oxygen atoms in total. The Hall–Kier alpha value is -2.35. The highest BCUT2D eigenvalue weighted by Crippen LogP contribution is 2.33. The Balaban J connectivity index is 1.80. The van der Waals surface area contributed by atoms with Crippen LogP contribution in [-0.2, 0) is 4.74 Å². The minimum atomic E-state index is -0.739. The number of hydrogen-bond donors (Lipinski definition) is 2. The van der Waals surface area contributed by atoms with Gasteiger partial charge >= 0.3 is 6.09 Å². The molecule has 2 N–H and O–H groups in total. The van der Waals surface area contributed by atoms with E-state index in [-0.39, 0.29) is 18.5 Å². The number of nitrogens with one attached hydrogen (secondary N) is 2. The van der Waals surface area contributed by atoms with Gasteiger partial charge in [0.05, 0.1) is 11.6 Å². The molecule has 2 amide bonds. The molecular formula is C25H29Cl2N3O3S. The highest BCUT2D eigenvalue weighted by molar-refractivity contribution is 7.80. The number of amides is 2. The van der Waals surface area contributed by atoms with Gasteiger partial charge in [-0.15, -0.1) is 0 Å². The number of hydrogen-bond acceptors (Lipinski definition) is 4. The highest BCUT2D eigenvalue weighted by Gasteiger charge is 2.43. The topological polar surface area (TPSA) is 70.7 Å². The highest BCUT2D eigenvalue weighted by atomic mass is 35.5. The van der Waals surface area contributed by atoms with Crippen LogP contribution in [0.1, 0.15) is 56.1 Å². The number of halogens is 2. The molecule has 1 aliphatic heterocycles. The van der Waals surface area contributed by atoms with E-state index in [0.29, 0.717) is 33.6 Å². The van der Waals surface area contributed by atoms with Crippen LogP contribution in [0.4, 0.5) is 4.79 Å². The first-order chi connectivity index (χ1) is 15.9. The van der Waals surface area contributed by atoms with Crippen LogP contribution >= 0.6 is 35.4 Å². The fourth-order valence-corrected chi connectivity index (χ4v) is 4.61. The molecule has 2 aromatic carbocycles. The van der Waals surface area contributed by atoms with Gasteiger partial charge in [0.15, 0.2) is 0 Å². The number of rotatable bonds is 6. The average molecular weight is 522 g/mol. The van der Waals surface area contributed by atoms with Crippen molar-refractivity contribution in [3.05, 3.63) is 69.7 Å². The molecule has 1 aliphatic rings. The van der Waals surface area contributed by atoms with Crippen LogP contribution in [0.25, 0.3) is 0 Å². The largest absolute Gasteiger partial charge is 0.444 e. The molecule has 9 heteroatoms. The summed E-state index contributed by atoms with van der Waals surface area (Å²) in [5.41, 5.74) is 0.0171. The van der Waals surface area contributed by atoms with Gasteiger partial charge in [-0.25, -0.2) is 4.79 Å². The van der Waals surface area contributed by atoms with Crippen molar-refractivity contribution in [1.82, 2.24) is 15.5 Å². The molecule has 182 valence electrons. The molecule has 0 saturated carbocycles. The van der Waals surface area contributed by atoms with Crippen molar-refractivity contribution in [2.45, 2.75) is 51.3 Å². The molecule has 0 spiro atoms. The fraction of sp³-hybridized carbons (Fsp3) is 0.400. The molecule has 3 rings (SSSR count). The van der Waals surface area contributed by atoms with Crippen molar-refractivity contribution >= 4 is 52.4 Å². The Bertz CT molecular complexity index is 1090. The summed E-state index contributed by atoms with van der Waals surface area (Å²) in [6.07, 6.45) is 0.100. The van der Waals surface area contributed by atoms with Gasteiger partial charge in [-0.1, -0.05) is 53.6 Å². The Kier molecular flexibility index (Phi) is 8.11. The van der Waals surface area contributed by atoms with E-state index in [0.717, 1.165) is 5.56 Å². The molecule has 1 heterocycles. The standard InChI is InChI=1S/C25H29Cl2N3O3S/c1-24(2,3)33-23(32)28-15-20(16-7-5-9-18(26)13-16)30-12-11-25(4,22(30)34)29-21(31)17-8-6-10-19(27)14-17/h5-10,13-14,20H,11-12,15H2,1-4H3,(H,28,32)(H,29,31). The third-order valence-corrected chi connectivity index (χ3v) is 6.67. The van der Waals surface area contributed by atoms with Gasteiger partial charge in [-0.2, -0.15) is 0 Å². The van der Waals surface area contributed by atoms with Gasteiger partial charge < -0.3 is 20.3 Å². The minimum Gasteiger partial charge on any atom is -0.444 e. The minimum absolute atomic E-state index is 0.250. The van der Waals surface area contributed by atoms with Gasteiger partial charge in [0.2, 0.25) is 0 Å². The van der Waals surface area contributed by atoms with Gasteiger partial charge in [0.1, 0.15) is 10.6 Å². The van der Waals surface area contributed by atoms with E-state index in [1.807, 2.05) is 50.8 Å². The number of carbonyl (C=O) groups excluding carboxylic acids is 2. The van der Waals surface area contributed by atoms with Crippen LogP contribution in [0.15, 0.2) is 48.5 Å². The molecule has 0 aromatic heterocycles. The normalized spacial score (nSPS) is 19.0. The monoisotopic (exact) mass is 521 g/mol. The number of benzene rings is 2. The molecule has 2 aromatic rings. The van der Waals surface area contributed by atoms with E-state index in [2.05, 4.69) is 10.6 Å². The number of thiocarbonyl (C=S) groups is 1. The summed E-state index contributed by atoms with van der Waals surface area (Å²) in [6, 6.07) is 13.9. The van der Waals surface area contributed by atoms with E-state index in [1.54, 1.807) is 30.3 Å². The molecule has 0 radical (unpaired) electrons. The molecule has 2 unspecified atom stereocenters. The second-order valence-electron chi connectivity index (χ2n) is 9.50. The van der Waals surface area contributed by atoms with Gasteiger partial charge in [0, 0.05) is 28.7 Å². The molecule has 0 aliphatic carbocycles. The third kappa shape index (κ3) is 6.62. The van der Waals surface area contributed by atoms with E-state index in [9.17, 15) is 9.59 Å². The predicted molar refractivity (Wildman–Crippen MR) is 140 cm³/mol. The first-order valence-electron chi connectivity index (χ1n) is 11.0. The Labute approximate surface area is 215 Å².